The Hall–Kier alpha value is -5.65. The average Bonchev–Trinajstić information content (AvgIpc) is 3.86. The van der Waals surface area contributed by atoms with E-state index in [1.54, 1.807) is 4.90 Å². The number of rotatable bonds is 14. The standard InChI is InChI=1S/C54H63ClF2N8O6/c1-31-46-44(29-41(56)49(55)48(46)47-40(51(58)68)18-19-43(50(47)57)70-27-26-66)71-54(31,34-6-4-3-5-7-34)30-59-35-9-11-36(12-10-35)60-37-13-15-38(16-14-37)64-23-20-32(21-24-64)33-8-17-39-42(28-33)63(2)62-52(39)65-25-22-45(67)61-53(65)69/h3-8,17-19,28-29,31-32,35-38,59-60,66H,9-16,20-27,30H2,1-2H3,(H2,58,68)(H,61,67,69)/t31-,35?,36?,37?,38?,54-/m0/s1. The number of fused-ring (bicyclic) bond motifs is 2. The van der Waals surface area contributed by atoms with E-state index in [0.29, 0.717) is 48.5 Å². The Morgan fingerprint density at radius 3 is 2.32 bits per heavy atom. The van der Waals surface area contributed by atoms with Gasteiger partial charge >= 0.3 is 6.03 Å². The summed E-state index contributed by atoms with van der Waals surface area (Å²) in [4.78, 5) is 41.4. The number of carbonyl (C=O) groups is 3. The number of carbonyl (C=O) groups excluding carboxylic acids is 3. The van der Waals surface area contributed by atoms with Crippen LogP contribution in [0.3, 0.4) is 0 Å². The van der Waals surface area contributed by atoms with Crippen LogP contribution >= 0.6 is 11.6 Å². The van der Waals surface area contributed by atoms with Gasteiger partial charge in [0, 0.05) is 84.8 Å². The van der Waals surface area contributed by atoms with Gasteiger partial charge in [-0.15, -0.1) is 0 Å². The molecule has 0 spiro atoms. The third-order valence-electron chi connectivity index (χ3n) is 16.1. The van der Waals surface area contributed by atoms with Gasteiger partial charge in [-0.2, -0.15) is 5.10 Å². The van der Waals surface area contributed by atoms with Gasteiger partial charge in [0.25, 0.3) is 0 Å². The molecule has 71 heavy (non-hydrogen) atoms. The molecule has 10 rings (SSSR count). The number of hydrogen-bond donors (Lipinski definition) is 5. The van der Waals surface area contributed by atoms with Crippen molar-refractivity contribution in [3.63, 3.8) is 0 Å². The maximum Gasteiger partial charge on any atom is 0.329 e. The molecule has 0 bridgehead atoms. The molecule has 376 valence electrons. The largest absolute Gasteiger partial charge is 0.488 e. The molecule has 4 amide bonds. The molecule has 0 unspecified atom stereocenters. The summed E-state index contributed by atoms with van der Waals surface area (Å²) >= 11 is 6.74. The van der Waals surface area contributed by atoms with Gasteiger partial charge in [0.05, 0.1) is 22.7 Å². The van der Waals surface area contributed by atoms with Gasteiger partial charge in [-0.3, -0.25) is 24.5 Å². The van der Waals surface area contributed by atoms with Crippen molar-refractivity contribution in [2.45, 2.75) is 119 Å². The average molecular weight is 994 g/mol. The third kappa shape index (κ3) is 9.49. The number of aromatic nitrogens is 2. The van der Waals surface area contributed by atoms with Crippen LogP contribution in [-0.4, -0.2) is 101 Å². The predicted octanol–water partition coefficient (Wildman–Crippen LogP) is 8.16. The lowest BCUT2D eigenvalue weighted by molar-refractivity contribution is -0.120. The van der Waals surface area contributed by atoms with Gasteiger partial charge in [-0.25, -0.2) is 13.6 Å². The first-order chi connectivity index (χ1) is 34.3. The summed E-state index contributed by atoms with van der Waals surface area (Å²) in [6, 6.07) is 21.4. The number of imide groups is 1. The van der Waals surface area contributed by atoms with Gasteiger partial charge in [0.2, 0.25) is 11.8 Å². The SMILES string of the molecule is C[C@H]1c2c(cc(F)c(Cl)c2-c2c(C(N)=O)ccc(OCCO)c2F)O[C@]1(CNC1CCC(NC2CCC(N3CCC(c4ccc5c(N6CCC(=O)NC6=O)nn(C)c5c4)CC3)CC2)CC1)c1ccccc1. The number of piperidine rings is 1. The Balaban J connectivity index is 0.737. The maximum atomic E-state index is 16.5. The van der Waals surface area contributed by atoms with Crippen molar-refractivity contribution in [3.05, 3.63) is 106 Å². The lowest BCUT2D eigenvalue weighted by atomic mass is 9.77. The van der Waals surface area contributed by atoms with Crippen LogP contribution < -0.4 is 36.1 Å². The zero-order valence-electron chi connectivity index (χ0n) is 40.3. The van der Waals surface area contributed by atoms with Crippen molar-refractivity contribution in [1.29, 1.82) is 0 Å². The number of anilines is 1. The molecule has 2 saturated heterocycles. The summed E-state index contributed by atoms with van der Waals surface area (Å²) < 4.78 is 46.5. The van der Waals surface area contributed by atoms with E-state index < -0.39 is 35.1 Å². The Kier molecular flexibility index (Phi) is 14.1. The molecule has 3 aliphatic heterocycles. The van der Waals surface area contributed by atoms with Crippen molar-refractivity contribution >= 4 is 46.2 Å². The number of nitrogens with one attached hydrogen (secondary N) is 3. The quantitative estimate of drug-likeness (QED) is 0.0730. The van der Waals surface area contributed by atoms with Crippen LogP contribution in [0.5, 0.6) is 11.5 Å². The zero-order valence-corrected chi connectivity index (χ0v) is 41.1. The smallest absolute Gasteiger partial charge is 0.329 e. The molecular weight excluding hydrogens is 930 g/mol. The highest BCUT2D eigenvalue weighted by atomic mass is 35.5. The first-order valence-corrected chi connectivity index (χ1v) is 25.7. The lowest BCUT2D eigenvalue weighted by Crippen LogP contribution is -2.50. The topological polar surface area (TPSA) is 176 Å². The molecular formula is C54H63ClF2N8O6. The normalized spacial score (nSPS) is 25.3. The number of hydrogen-bond acceptors (Lipinski definition) is 10. The number of primary amides is 1. The second kappa shape index (κ2) is 20.5. The number of aryl methyl sites for hydroxylation is 1. The molecule has 4 fully saturated rings. The first kappa shape index (κ1) is 49.0. The van der Waals surface area contributed by atoms with Gasteiger partial charge in [0.1, 0.15) is 18.2 Å². The number of halogens is 3. The van der Waals surface area contributed by atoms with E-state index in [-0.39, 0.29) is 64.8 Å². The molecule has 0 radical (unpaired) electrons. The molecule has 2 aliphatic carbocycles. The van der Waals surface area contributed by atoms with Crippen molar-refractivity contribution in [2.75, 3.05) is 44.3 Å². The van der Waals surface area contributed by atoms with Crippen LogP contribution in [0.4, 0.5) is 19.4 Å². The number of aliphatic hydroxyl groups is 1. The number of aliphatic hydroxyl groups excluding tert-OH is 1. The van der Waals surface area contributed by atoms with E-state index in [1.165, 1.54) is 36.6 Å². The number of benzene rings is 4. The molecule has 17 heteroatoms. The summed E-state index contributed by atoms with van der Waals surface area (Å²) in [6.45, 7) is 4.26. The van der Waals surface area contributed by atoms with Crippen molar-refractivity contribution in [1.82, 2.24) is 30.6 Å². The predicted molar refractivity (Wildman–Crippen MR) is 268 cm³/mol. The van der Waals surface area contributed by atoms with Crippen molar-refractivity contribution < 1.29 is 37.7 Å². The van der Waals surface area contributed by atoms with Crippen molar-refractivity contribution in [2.24, 2.45) is 12.8 Å². The Labute approximate surface area is 417 Å². The van der Waals surface area contributed by atoms with E-state index in [0.717, 1.165) is 80.9 Å². The highest BCUT2D eigenvalue weighted by Crippen LogP contribution is 2.56. The first-order valence-electron chi connectivity index (χ1n) is 25.3. The second-order valence-electron chi connectivity index (χ2n) is 20.2. The summed E-state index contributed by atoms with van der Waals surface area (Å²) in [5.41, 5.74) is 7.87. The Morgan fingerprint density at radius 2 is 1.63 bits per heavy atom. The van der Waals surface area contributed by atoms with Gasteiger partial charge in [-0.05, 0) is 119 Å². The molecule has 1 aromatic heterocycles. The van der Waals surface area contributed by atoms with E-state index in [4.69, 9.17) is 26.8 Å². The van der Waals surface area contributed by atoms with Gasteiger partial charge in [-0.1, -0.05) is 54.9 Å². The molecule has 4 aromatic carbocycles. The van der Waals surface area contributed by atoms with E-state index in [9.17, 15) is 19.5 Å². The molecule has 2 saturated carbocycles. The van der Waals surface area contributed by atoms with Crippen LogP contribution in [0.2, 0.25) is 5.02 Å². The van der Waals surface area contributed by atoms with E-state index >= 15 is 8.78 Å². The van der Waals surface area contributed by atoms with Crippen LogP contribution in [0, 0.1) is 11.6 Å². The number of nitrogens with two attached hydrogens (primary N) is 1. The highest BCUT2D eigenvalue weighted by Gasteiger charge is 2.50. The fourth-order valence-electron chi connectivity index (χ4n) is 12.3. The summed E-state index contributed by atoms with van der Waals surface area (Å²) in [5, 5.41) is 24.9. The number of ether oxygens (including phenoxy) is 2. The summed E-state index contributed by atoms with van der Waals surface area (Å²) in [5.74, 6) is -2.42. The fourth-order valence-corrected chi connectivity index (χ4v) is 12.5. The molecule has 5 aromatic rings. The highest BCUT2D eigenvalue weighted by molar-refractivity contribution is 6.34. The summed E-state index contributed by atoms with van der Waals surface area (Å²) in [6.07, 6.45) is 11.2. The van der Waals surface area contributed by atoms with Crippen LogP contribution in [0.25, 0.3) is 22.0 Å². The minimum atomic E-state index is -1.04. The maximum absolute atomic E-state index is 16.5. The number of likely N-dealkylation sites (tertiary alicyclic amines) is 1. The fraction of sp³-hybridized carbons (Fsp3) is 0.481. The van der Waals surface area contributed by atoms with Crippen LogP contribution in [0.15, 0.2) is 66.7 Å². The monoisotopic (exact) mass is 992 g/mol. The van der Waals surface area contributed by atoms with Crippen LogP contribution in [0.1, 0.15) is 116 Å². The van der Waals surface area contributed by atoms with E-state index in [1.807, 2.05) is 49.0 Å². The lowest BCUT2D eigenvalue weighted by Gasteiger charge is -2.42. The number of nitrogens with zero attached hydrogens (tertiary/aromatic N) is 4. The van der Waals surface area contributed by atoms with Gasteiger partial charge in [0.15, 0.2) is 23.0 Å². The molecule has 14 nitrogen and oxygen atoms in total. The minimum Gasteiger partial charge on any atom is -0.488 e. The zero-order chi connectivity index (χ0) is 49.6. The second-order valence-corrected chi connectivity index (χ2v) is 20.5. The molecule has 5 aliphatic rings. The summed E-state index contributed by atoms with van der Waals surface area (Å²) in [7, 11) is 1.91. The Morgan fingerprint density at radius 1 is 0.930 bits per heavy atom. The molecule has 6 N–H and O–H groups in total. The van der Waals surface area contributed by atoms with Crippen molar-refractivity contribution in [3.8, 4) is 22.6 Å². The third-order valence-corrected chi connectivity index (χ3v) is 16.5. The van der Waals surface area contributed by atoms with Gasteiger partial charge < -0.3 is 35.8 Å². The van der Waals surface area contributed by atoms with E-state index in [2.05, 4.69) is 44.1 Å². The Bertz CT molecular complexity index is 2810. The number of urea groups is 1. The molecule has 2 atom stereocenters. The minimum absolute atomic E-state index is 0.0162. The number of amides is 4. The molecule has 4 heterocycles. The van der Waals surface area contributed by atoms with Crippen LogP contribution in [-0.2, 0) is 17.4 Å².